The largest absolute Gasteiger partial charge is 0.491 e. The van der Waals surface area contributed by atoms with Gasteiger partial charge in [-0.15, -0.1) is 11.3 Å². The van der Waals surface area contributed by atoms with Gasteiger partial charge in [-0.05, 0) is 66.8 Å². The number of amidine groups is 1. The third kappa shape index (κ3) is 4.62. The molecule has 2 heterocycles. The van der Waals surface area contributed by atoms with E-state index in [9.17, 15) is 0 Å². The minimum absolute atomic E-state index is 0.173. The van der Waals surface area contributed by atoms with E-state index in [0.717, 1.165) is 67.4 Å². The van der Waals surface area contributed by atoms with Gasteiger partial charge in [0.25, 0.3) is 0 Å². The average molecular weight is 520 g/mol. The number of rotatable bonds is 5. The maximum atomic E-state index is 8.40. The average Bonchev–Trinajstić information content (AvgIpc) is 3.18. The quantitative estimate of drug-likeness (QED) is 0.0859. The molecule has 1 unspecified atom stereocenters. The van der Waals surface area contributed by atoms with Crippen molar-refractivity contribution in [1.82, 2.24) is 10.4 Å². The van der Waals surface area contributed by atoms with Gasteiger partial charge in [-0.2, -0.15) is 0 Å². The van der Waals surface area contributed by atoms with E-state index >= 15 is 0 Å². The molecular formula is C31H29N5OS. The van der Waals surface area contributed by atoms with Gasteiger partial charge in [0.05, 0.1) is 27.5 Å². The van der Waals surface area contributed by atoms with E-state index in [4.69, 9.17) is 16.0 Å². The first-order chi connectivity index (χ1) is 18.6. The number of hydrogen-bond acceptors (Lipinski definition) is 6. The van der Waals surface area contributed by atoms with Crippen LogP contribution >= 0.6 is 11.3 Å². The zero-order valence-electron chi connectivity index (χ0n) is 21.1. The normalized spacial score (nSPS) is 14.8. The van der Waals surface area contributed by atoms with Crippen LogP contribution in [-0.4, -0.2) is 17.4 Å². The SMILES string of the molecule is Cc1nc2ccc(Nc3cc(-c4ccccc4C(=N)NN)cc4c3OCCCC4c3ccccc3)cc2s1. The minimum atomic E-state index is 0.173. The number of nitrogens with zero attached hydrogens (tertiary/aromatic N) is 1. The predicted molar refractivity (Wildman–Crippen MR) is 157 cm³/mol. The molecule has 7 heteroatoms. The van der Waals surface area contributed by atoms with Gasteiger partial charge >= 0.3 is 0 Å². The van der Waals surface area contributed by atoms with Gasteiger partial charge in [0.2, 0.25) is 0 Å². The molecule has 0 amide bonds. The number of fused-ring (bicyclic) bond motifs is 2. The number of hydrazine groups is 1. The monoisotopic (exact) mass is 519 g/mol. The molecule has 0 radical (unpaired) electrons. The van der Waals surface area contributed by atoms with Crippen molar-refractivity contribution in [1.29, 1.82) is 5.41 Å². The number of aromatic nitrogens is 1. The first-order valence-electron chi connectivity index (χ1n) is 12.8. The highest BCUT2D eigenvalue weighted by Crippen LogP contribution is 2.45. The topological polar surface area (TPSA) is 96.1 Å². The molecule has 6 nitrogen and oxygen atoms in total. The molecule has 5 N–H and O–H groups in total. The van der Waals surface area contributed by atoms with Crippen LogP contribution in [0.5, 0.6) is 5.75 Å². The highest BCUT2D eigenvalue weighted by Gasteiger charge is 2.26. The van der Waals surface area contributed by atoms with Crippen molar-refractivity contribution >= 4 is 38.8 Å². The van der Waals surface area contributed by atoms with E-state index in [1.807, 2.05) is 31.2 Å². The van der Waals surface area contributed by atoms with Crippen LogP contribution in [0.15, 0.2) is 84.9 Å². The zero-order chi connectivity index (χ0) is 26.1. The fraction of sp³-hybridized carbons (Fsp3) is 0.161. The number of nitrogens with two attached hydrogens (primary N) is 1. The summed E-state index contributed by atoms with van der Waals surface area (Å²) in [6.45, 7) is 2.69. The minimum Gasteiger partial charge on any atom is -0.491 e. The molecule has 190 valence electrons. The summed E-state index contributed by atoms with van der Waals surface area (Å²) in [5, 5.41) is 13.1. The number of hydrogen-bond donors (Lipinski definition) is 4. The second-order valence-corrected chi connectivity index (χ2v) is 10.7. The fourth-order valence-electron chi connectivity index (χ4n) is 5.27. The van der Waals surface area contributed by atoms with Gasteiger partial charge < -0.3 is 15.5 Å². The molecule has 4 aromatic carbocycles. The lowest BCUT2D eigenvalue weighted by molar-refractivity contribution is 0.318. The number of aryl methyl sites for hydroxylation is 1. The van der Waals surface area contributed by atoms with Crippen LogP contribution in [0.25, 0.3) is 21.3 Å². The van der Waals surface area contributed by atoms with Gasteiger partial charge in [-0.25, -0.2) is 10.8 Å². The highest BCUT2D eigenvalue weighted by molar-refractivity contribution is 7.18. The van der Waals surface area contributed by atoms with E-state index in [1.165, 1.54) is 5.56 Å². The van der Waals surface area contributed by atoms with Crippen molar-refractivity contribution in [3.8, 4) is 16.9 Å². The lowest BCUT2D eigenvalue weighted by Gasteiger charge is -2.22. The Morgan fingerprint density at radius 3 is 2.68 bits per heavy atom. The molecule has 1 aromatic heterocycles. The number of ether oxygens (including phenoxy) is 1. The molecule has 1 atom stereocenters. The molecule has 0 bridgehead atoms. The van der Waals surface area contributed by atoms with E-state index in [1.54, 1.807) is 11.3 Å². The maximum absolute atomic E-state index is 8.40. The summed E-state index contributed by atoms with van der Waals surface area (Å²) in [6.07, 6.45) is 1.96. The van der Waals surface area contributed by atoms with Gasteiger partial charge in [0, 0.05) is 22.7 Å². The van der Waals surface area contributed by atoms with E-state index in [0.29, 0.717) is 6.61 Å². The maximum Gasteiger partial charge on any atom is 0.146 e. The summed E-state index contributed by atoms with van der Waals surface area (Å²) in [5.41, 5.74) is 10.5. The molecule has 0 saturated heterocycles. The van der Waals surface area contributed by atoms with Crippen molar-refractivity contribution in [2.45, 2.75) is 25.7 Å². The van der Waals surface area contributed by atoms with E-state index < -0.39 is 0 Å². The Morgan fingerprint density at radius 2 is 1.84 bits per heavy atom. The number of thiazole rings is 1. The van der Waals surface area contributed by atoms with E-state index in [-0.39, 0.29) is 11.8 Å². The molecule has 0 aliphatic carbocycles. The smallest absolute Gasteiger partial charge is 0.146 e. The van der Waals surface area contributed by atoms with Crippen LogP contribution in [0, 0.1) is 12.3 Å². The van der Waals surface area contributed by atoms with Crippen molar-refractivity contribution in [3.05, 3.63) is 107 Å². The fourth-order valence-corrected chi connectivity index (χ4v) is 6.14. The number of benzene rings is 4. The Morgan fingerprint density at radius 1 is 1.03 bits per heavy atom. The number of nitrogens with one attached hydrogen (secondary N) is 3. The van der Waals surface area contributed by atoms with E-state index in [2.05, 4.69) is 76.4 Å². The summed E-state index contributed by atoms with van der Waals surface area (Å²) in [7, 11) is 0. The van der Waals surface area contributed by atoms with Gasteiger partial charge in [-0.3, -0.25) is 5.41 Å². The number of anilines is 2. The van der Waals surface area contributed by atoms with Gasteiger partial charge in [0.1, 0.15) is 11.6 Å². The Labute approximate surface area is 226 Å². The lowest BCUT2D eigenvalue weighted by atomic mass is 9.85. The Kier molecular flexibility index (Phi) is 6.54. The molecule has 5 aromatic rings. The van der Waals surface area contributed by atoms with Crippen molar-refractivity contribution in [3.63, 3.8) is 0 Å². The second kappa shape index (κ2) is 10.3. The Balaban J connectivity index is 1.54. The van der Waals surface area contributed by atoms with Crippen LogP contribution < -0.4 is 21.3 Å². The van der Waals surface area contributed by atoms with Crippen molar-refractivity contribution < 1.29 is 4.74 Å². The predicted octanol–water partition coefficient (Wildman–Crippen LogP) is 7.11. The summed E-state index contributed by atoms with van der Waals surface area (Å²) in [4.78, 5) is 4.61. The summed E-state index contributed by atoms with van der Waals surface area (Å²) >= 11 is 1.69. The standard InChI is InChI=1S/C31H29N5OS/c1-19-34-27-14-13-22(18-29(27)38-19)35-28-17-21(24-10-5-6-11-25(24)31(32)36-33)16-26-23(12-7-15-37-30(26)28)20-8-3-2-4-9-20/h2-6,8-11,13-14,16-18,23,35H,7,12,15,33H2,1H3,(H2,32,36). The Hall–Kier alpha value is -4.20. The van der Waals surface area contributed by atoms with Crippen LogP contribution in [-0.2, 0) is 0 Å². The summed E-state index contributed by atoms with van der Waals surface area (Å²) in [6, 6.07) is 29.1. The summed E-state index contributed by atoms with van der Waals surface area (Å²) < 4.78 is 7.58. The Bertz CT molecular complexity index is 1630. The molecule has 38 heavy (non-hydrogen) atoms. The van der Waals surface area contributed by atoms with Crippen LogP contribution in [0.2, 0.25) is 0 Å². The molecule has 0 spiro atoms. The molecular weight excluding hydrogens is 490 g/mol. The first kappa shape index (κ1) is 24.2. The summed E-state index contributed by atoms with van der Waals surface area (Å²) in [5.74, 6) is 6.90. The molecule has 1 aliphatic heterocycles. The third-order valence-electron chi connectivity index (χ3n) is 7.00. The lowest BCUT2D eigenvalue weighted by Crippen LogP contribution is -2.30. The molecule has 6 rings (SSSR count). The first-order valence-corrected chi connectivity index (χ1v) is 13.6. The molecule has 1 aliphatic rings. The van der Waals surface area contributed by atoms with Gasteiger partial charge in [-0.1, -0.05) is 54.6 Å². The molecule has 0 saturated carbocycles. The van der Waals surface area contributed by atoms with Crippen molar-refractivity contribution in [2.75, 3.05) is 11.9 Å². The second-order valence-electron chi connectivity index (χ2n) is 9.50. The molecule has 0 fully saturated rings. The highest BCUT2D eigenvalue weighted by atomic mass is 32.1. The van der Waals surface area contributed by atoms with Crippen LogP contribution in [0.1, 0.15) is 40.5 Å². The van der Waals surface area contributed by atoms with Crippen LogP contribution in [0.4, 0.5) is 11.4 Å². The van der Waals surface area contributed by atoms with Crippen LogP contribution in [0.3, 0.4) is 0 Å². The zero-order valence-corrected chi connectivity index (χ0v) is 21.9. The van der Waals surface area contributed by atoms with Gasteiger partial charge in [0.15, 0.2) is 0 Å². The third-order valence-corrected chi connectivity index (χ3v) is 7.94. The van der Waals surface area contributed by atoms with Crippen molar-refractivity contribution in [2.24, 2.45) is 5.84 Å².